The normalized spacial score (nSPS) is 12.5. The van der Waals surface area contributed by atoms with Crippen LogP contribution in [-0.4, -0.2) is 18.1 Å². The van der Waals surface area contributed by atoms with Gasteiger partial charge in [0.15, 0.2) is 0 Å². The maximum absolute atomic E-state index is 4.45. The third-order valence-corrected chi connectivity index (χ3v) is 3.85. The molecule has 0 aromatic carbocycles. The Hall–Kier alpha value is -0.190. The minimum Gasteiger partial charge on any atom is -0.313 e. The highest BCUT2D eigenvalue weighted by Gasteiger charge is 2.07. The standard InChI is InChI=1S/C15H22Br2N2/c1-10(2)7-18-8-12(11(3)4)5-15-14(17)6-13(16)9-19-15/h5-6,9-11,18H,7-8H2,1-4H3. The lowest BCUT2D eigenvalue weighted by molar-refractivity contribution is 0.558. The van der Waals surface area contributed by atoms with Gasteiger partial charge in [0.2, 0.25) is 0 Å². The third-order valence-electron chi connectivity index (χ3n) is 2.78. The molecule has 0 radical (unpaired) electrons. The van der Waals surface area contributed by atoms with E-state index in [1.807, 2.05) is 12.3 Å². The molecule has 0 aliphatic rings. The second-order valence-electron chi connectivity index (χ2n) is 5.42. The molecule has 1 rings (SSSR count). The molecule has 106 valence electrons. The van der Waals surface area contributed by atoms with Crippen LogP contribution in [0.4, 0.5) is 0 Å². The van der Waals surface area contributed by atoms with Crippen LogP contribution in [0.1, 0.15) is 33.4 Å². The van der Waals surface area contributed by atoms with E-state index in [4.69, 9.17) is 0 Å². The van der Waals surface area contributed by atoms with Gasteiger partial charge in [0.1, 0.15) is 0 Å². The highest BCUT2D eigenvalue weighted by Crippen LogP contribution is 2.23. The zero-order valence-corrected chi connectivity index (χ0v) is 15.2. The first-order valence-electron chi connectivity index (χ1n) is 6.62. The van der Waals surface area contributed by atoms with Gasteiger partial charge in [-0.15, -0.1) is 0 Å². The highest BCUT2D eigenvalue weighted by molar-refractivity contribution is 9.11. The van der Waals surface area contributed by atoms with Crippen molar-refractivity contribution >= 4 is 37.9 Å². The van der Waals surface area contributed by atoms with Gasteiger partial charge in [-0.1, -0.05) is 33.3 Å². The lowest BCUT2D eigenvalue weighted by Gasteiger charge is -2.14. The average molecular weight is 390 g/mol. The van der Waals surface area contributed by atoms with Crippen LogP contribution in [-0.2, 0) is 0 Å². The number of aromatic nitrogens is 1. The van der Waals surface area contributed by atoms with Gasteiger partial charge in [0, 0.05) is 21.7 Å². The zero-order chi connectivity index (χ0) is 14.4. The fourth-order valence-electron chi connectivity index (χ4n) is 1.63. The lowest BCUT2D eigenvalue weighted by Crippen LogP contribution is -2.23. The summed E-state index contributed by atoms with van der Waals surface area (Å²) in [4.78, 5) is 4.45. The quantitative estimate of drug-likeness (QED) is 0.748. The van der Waals surface area contributed by atoms with Crippen molar-refractivity contribution in [1.82, 2.24) is 10.3 Å². The average Bonchev–Trinajstić information content (AvgIpc) is 2.30. The second-order valence-corrected chi connectivity index (χ2v) is 7.19. The van der Waals surface area contributed by atoms with Crippen molar-refractivity contribution in [3.63, 3.8) is 0 Å². The fourth-order valence-corrected chi connectivity index (χ4v) is 2.74. The van der Waals surface area contributed by atoms with Gasteiger partial charge in [-0.25, -0.2) is 0 Å². The maximum Gasteiger partial charge on any atom is 0.0772 e. The van der Waals surface area contributed by atoms with E-state index in [1.54, 1.807) is 0 Å². The van der Waals surface area contributed by atoms with Crippen molar-refractivity contribution in [1.29, 1.82) is 0 Å². The van der Waals surface area contributed by atoms with Crippen molar-refractivity contribution in [2.45, 2.75) is 27.7 Å². The summed E-state index contributed by atoms with van der Waals surface area (Å²) in [6, 6.07) is 2.03. The van der Waals surface area contributed by atoms with E-state index in [-0.39, 0.29) is 0 Å². The minimum absolute atomic E-state index is 0.511. The van der Waals surface area contributed by atoms with E-state index in [0.717, 1.165) is 27.7 Å². The molecule has 0 atom stereocenters. The first kappa shape index (κ1) is 16.9. The molecule has 1 aromatic heterocycles. The van der Waals surface area contributed by atoms with E-state index in [1.165, 1.54) is 5.57 Å². The van der Waals surface area contributed by atoms with Gasteiger partial charge in [-0.2, -0.15) is 0 Å². The molecule has 0 amide bonds. The van der Waals surface area contributed by atoms with Crippen LogP contribution in [0, 0.1) is 11.8 Å². The Morgan fingerprint density at radius 1 is 1.32 bits per heavy atom. The Morgan fingerprint density at radius 2 is 2.00 bits per heavy atom. The molecule has 19 heavy (non-hydrogen) atoms. The van der Waals surface area contributed by atoms with Crippen molar-refractivity contribution < 1.29 is 0 Å². The zero-order valence-electron chi connectivity index (χ0n) is 12.0. The summed E-state index contributed by atoms with van der Waals surface area (Å²) in [5.41, 5.74) is 2.36. The fraction of sp³-hybridized carbons (Fsp3) is 0.533. The molecule has 0 bridgehead atoms. The third kappa shape index (κ3) is 6.19. The molecule has 0 aliphatic heterocycles. The molecule has 1 heterocycles. The molecule has 4 heteroatoms. The monoisotopic (exact) mass is 388 g/mol. The van der Waals surface area contributed by atoms with Gasteiger partial charge in [-0.3, -0.25) is 4.98 Å². The molecular formula is C15H22Br2N2. The summed E-state index contributed by atoms with van der Waals surface area (Å²) >= 11 is 6.98. The van der Waals surface area contributed by atoms with Gasteiger partial charge >= 0.3 is 0 Å². The summed E-state index contributed by atoms with van der Waals surface area (Å²) in [7, 11) is 0. The topological polar surface area (TPSA) is 24.9 Å². The molecule has 0 spiro atoms. The number of nitrogens with one attached hydrogen (secondary N) is 1. The molecule has 0 aliphatic carbocycles. The number of hydrogen-bond acceptors (Lipinski definition) is 2. The van der Waals surface area contributed by atoms with Gasteiger partial charge < -0.3 is 5.32 Å². The number of nitrogens with zero attached hydrogens (tertiary/aromatic N) is 1. The van der Waals surface area contributed by atoms with Gasteiger partial charge in [0.25, 0.3) is 0 Å². The van der Waals surface area contributed by atoms with Crippen molar-refractivity contribution in [3.05, 3.63) is 32.5 Å². The van der Waals surface area contributed by atoms with Crippen LogP contribution in [0.5, 0.6) is 0 Å². The lowest BCUT2D eigenvalue weighted by atomic mass is 10.0. The first-order valence-corrected chi connectivity index (χ1v) is 8.21. The molecule has 0 saturated carbocycles. The van der Waals surface area contributed by atoms with Crippen LogP contribution in [0.2, 0.25) is 0 Å². The van der Waals surface area contributed by atoms with E-state index >= 15 is 0 Å². The second kappa shape index (κ2) is 8.18. The highest BCUT2D eigenvalue weighted by atomic mass is 79.9. The van der Waals surface area contributed by atoms with E-state index < -0.39 is 0 Å². The van der Waals surface area contributed by atoms with Crippen molar-refractivity contribution in [3.8, 4) is 0 Å². The predicted molar refractivity (Wildman–Crippen MR) is 90.2 cm³/mol. The Bertz CT molecular complexity index is 440. The molecule has 2 nitrogen and oxygen atoms in total. The largest absolute Gasteiger partial charge is 0.313 e. The smallest absolute Gasteiger partial charge is 0.0772 e. The SMILES string of the molecule is CC(C)CNCC(=Cc1ncc(Br)cc1Br)C(C)C. The number of hydrogen-bond donors (Lipinski definition) is 1. The summed E-state index contributed by atoms with van der Waals surface area (Å²) in [6.07, 6.45) is 4.00. The first-order chi connectivity index (χ1) is 8.90. The van der Waals surface area contributed by atoms with Gasteiger partial charge in [0.05, 0.1) is 5.69 Å². The Labute approximate surface area is 133 Å². The summed E-state index contributed by atoms with van der Waals surface area (Å²) in [5.74, 6) is 1.18. The van der Waals surface area contributed by atoms with Crippen LogP contribution in [0.3, 0.4) is 0 Å². The van der Waals surface area contributed by atoms with Crippen LogP contribution >= 0.6 is 31.9 Å². The maximum atomic E-state index is 4.45. The molecule has 0 unspecified atom stereocenters. The summed E-state index contributed by atoms with van der Waals surface area (Å²) in [6.45, 7) is 10.8. The van der Waals surface area contributed by atoms with Crippen molar-refractivity contribution in [2.24, 2.45) is 11.8 Å². The van der Waals surface area contributed by atoms with Crippen LogP contribution < -0.4 is 5.32 Å². The Morgan fingerprint density at radius 3 is 2.53 bits per heavy atom. The van der Waals surface area contributed by atoms with Crippen molar-refractivity contribution in [2.75, 3.05) is 13.1 Å². The number of halogens is 2. The van der Waals surface area contributed by atoms with E-state index in [0.29, 0.717) is 11.8 Å². The van der Waals surface area contributed by atoms with E-state index in [2.05, 4.69) is 75.9 Å². The molecule has 1 N–H and O–H groups in total. The molecule has 1 aromatic rings. The number of pyridine rings is 1. The van der Waals surface area contributed by atoms with Gasteiger partial charge in [-0.05, 0) is 62.4 Å². The Balaban J connectivity index is 2.82. The summed E-state index contributed by atoms with van der Waals surface area (Å²) in [5, 5.41) is 3.50. The van der Waals surface area contributed by atoms with Crippen LogP contribution in [0.15, 0.2) is 26.8 Å². The molecular weight excluding hydrogens is 368 g/mol. The molecule has 0 saturated heterocycles. The van der Waals surface area contributed by atoms with Crippen LogP contribution in [0.25, 0.3) is 6.08 Å². The minimum atomic E-state index is 0.511. The predicted octanol–water partition coefficient (Wildman–Crippen LogP) is 4.89. The number of rotatable bonds is 6. The molecule has 0 fully saturated rings. The Kier molecular flexibility index (Phi) is 7.26. The summed E-state index contributed by atoms with van der Waals surface area (Å²) < 4.78 is 2.00. The van der Waals surface area contributed by atoms with E-state index in [9.17, 15) is 0 Å².